The maximum atomic E-state index is 4.62. The van der Waals surface area contributed by atoms with Gasteiger partial charge in [-0.15, -0.1) is 0 Å². The van der Waals surface area contributed by atoms with Crippen molar-refractivity contribution in [3.63, 3.8) is 0 Å². The van der Waals surface area contributed by atoms with E-state index in [9.17, 15) is 0 Å². The SMILES string of the molecule is C=C1[C@H](C)CC[C@@]2(C)[C@H]1CC[C@@H]1[C@@H]2CC[C@]2(C)[C@@H]([C@H](C)CCCC(C)C)CC[C@@H]12. The summed E-state index contributed by atoms with van der Waals surface area (Å²) in [5, 5.41) is 0. The lowest BCUT2D eigenvalue weighted by atomic mass is 9.43. The molecule has 4 aliphatic rings. The highest BCUT2D eigenvalue weighted by molar-refractivity contribution is 5.19. The zero-order valence-corrected chi connectivity index (χ0v) is 20.6. The van der Waals surface area contributed by atoms with Crippen molar-refractivity contribution in [2.24, 2.45) is 58.2 Å². The van der Waals surface area contributed by atoms with E-state index in [1.807, 2.05) is 0 Å². The van der Waals surface area contributed by atoms with E-state index in [2.05, 4.69) is 48.1 Å². The predicted molar refractivity (Wildman–Crippen MR) is 127 cm³/mol. The quantitative estimate of drug-likeness (QED) is 0.405. The predicted octanol–water partition coefficient (Wildman–Crippen LogP) is 8.91. The Kier molecular flexibility index (Phi) is 6.07. The third-order valence-corrected chi connectivity index (χ3v) is 11.3. The molecule has 166 valence electrons. The molecular formula is C29H50. The number of hydrogen-bond donors (Lipinski definition) is 0. The van der Waals surface area contributed by atoms with E-state index < -0.39 is 0 Å². The second-order valence-electron chi connectivity index (χ2n) is 13.1. The topological polar surface area (TPSA) is 0 Å². The Balaban J connectivity index is 1.48. The molecule has 4 fully saturated rings. The highest BCUT2D eigenvalue weighted by Crippen LogP contribution is 2.69. The van der Waals surface area contributed by atoms with Gasteiger partial charge in [-0.2, -0.15) is 0 Å². The van der Waals surface area contributed by atoms with Gasteiger partial charge in [-0.05, 0) is 110 Å². The van der Waals surface area contributed by atoms with Gasteiger partial charge in [0.2, 0.25) is 0 Å². The van der Waals surface area contributed by atoms with E-state index >= 15 is 0 Å². The molecule has 0 radical (unpaired) electrons. The molecule has 9 atom stereocenters. The van der Waals surface area contributed by atoms with E-state index in [1.54, 1.807) is 5.57 Å². The Morgan fingerprint density at radius 1 is 0.862 bits per heavy atom. The van der Waals surface area contributed by atoms with Crippen molar-refractivity contribution in [2.75, 3.05) is 0 Å². The molecule has 0 N–H and O–H groups in total. The molecular weight excluding hydrogens is 348 g/mol. The van der Waals surface area contributed by atoms with Crippen LogP contribution in [0.1, 0.15) is 112 Å². The van der Waals surface area contributed by atoms with Gasteiger partial charge in [0.15, 0.2) is 0 Å². The van der Waals surface area contributed by atoms with Crippen LogP contribution < -0.4 is 0 Å². The van der Waals surface area contributed by atoms with Crippen molar-refractivity contribution in [3.05, 3.63) is 12.2 Å². The maximum absolute atomic E-state index is 4.62. The summed E-state index contributed by atoms with van der Waals surface area (Å²) in [6, 6.07) is 0. The molecule has 0 heterocycles. The van der Waals surface area contributed by atoms with Crippen LogP contribution in [0, 0.1) is 58.2 Å². The highest BCUT2D eigenvalue weighted by Gasteiger charge is 2.60. The normalized spacial score (nSPS) is 48.2. The monoisotopic (exact) mass is 398 g/mol. The Morgan fingerprint density at radius 3 is 2.28 bits per heavy atom. The molecule has 0 nitrogen and oxygen atoms in total. The van der Waals surface area contributed by atoms with Gasteiger partial charge in [0.25, 0.3) is 0 Å². The first-order valence-electron chi connectivity index (χ1n) is 13.4. The first kappa shape index (κ1) is 22.0. The molecule has 0 aliphatic heterocycles. The van der Waals surface area contributed by atoms with Crippen molar-refractivity contribution < 1.29 is 0 Å². The summed E-state index contributed by atoms with van der Waals surface area (Å²) in [7, 11) is 0. The molecule has 4 saturated carbocycles. The standard InChI is InChI=1S/C29H50/c1-19(2)9-8-10-21(4)24-13-14-26-23-11-12-25-22(5)20(3)15-17-29(25,7)27(23)16-18-28(24,26)6/h19-21,23-27H,5,8-18H2,1-4,6-7H3/t20-,21-,23+,24-,25+,26+,27+,28-,29+/m1/s1. The van der Waals surface area contributed by atoms with Crippen LogP contribution in [0.15, 0.2) is 12.2 Å². The Bertz CT molecular complexity index is 601. The lowest BCUT2D eigenvalue weighted by Crippen LogP contribution is -2.54. The molecule has 0 bridgehead atoms. The first-order valence-corrected chi connectivity index (χ1v) is 13.4. The zero-order chi connectivity index (χ0) is 21.0. The van der Waals surface area contributed by atoms with Crippen LogP contribution in [0.3, 0.4) is 0 Å². The van der Waals surface area contributed by atoms with Crippen LogP contribution in [0.5, 0.6) is 0 Å². The number of hydrogen-bond acceptors (Lipinski definition) is 0. The van der Waals surface area contributed by atoms with Gasteiger partial charge >= 0.3 is 0 Å². The lowest BCUT2D eigenvalue weighted by Gasteiger charge is -2.61. The summed E-state index contributed by atoms with van der Waals surface area (Å²) in [4.78, 5) is 0. The number of allylic oxidation sites excluding steroid dienone is 1. The summed E-state index contributed by atoms with van der Waals surface area (Å²) in [5.74, 6) is 7.40. The van der Waals surface area contributed by atoms with Crippen molar-refractivity contribution in [1.82, 2.24) is 0 Å². The molecule has 0 unspecified atom stereocenters. The van der Waals surface area contributed by atoms with Gasteiger partial charge in [0.1, 0.15) is 0 Å². The van der Waals surface area contributed by atoms with Crippen LogP contribution in [0.2, 0.25) is 0 Å². The third kappa shape index (κ3) is 3.57. The fourth-order valence-corrected chi connectivity index (χ4v) is 9.51. The van der Waals surface area contributed by atoms with Crippen molar-refractivity contribution in [1.29, 1.82) is 0 Å². The molecule has 0 aromatic heterocycles. The van der Waals surface area contributed by atoms with Crippen LogP contribution >= 0.6 is 0 Å². The van der Waals surface area contributed by atoms with Gasteiger partial charge in [-0.1, -0.05) is 73.0 Å². The fourth-order valence-electron chi connectivity index (χ4n) is 9.51. The van der Waals surface area contributed by atoms with E-state index in [-0.39, 0.29) is 0 Å². The molecule has 0 aromatic carbocycles. The summed E-state index contributed by atoms with van der Waals surface area (Å²) in [5.41, 5.74) is 2.82. The van der Waals surface area contributed by atoms with Crippen molar-refractivity contribution in [2.45, 2.75) is 112 Å². The molecule has 0 amide bonds. The largest absolute Gasteiger partial charge is 0.0993 e. The van der Waals surface area contributed by atoms with Crippen molar-refractivity contribution >= 4 is 0 Å². The van der Waals surface area contributed by atoms with Gasteiger partial charge < -0.3 is 0 Å². The molecule has 4 rings (SSSR count). The van der Waals surface area contributed by atoms with Gasteiger partial charge in [-0.3, -0.25) is 0 Å². The molecule has 29 heavy (non-hydrogen) atoms. The lowest BCUT2D eigenvalue weighted by molar-refractivity contribution is -0.105. The smallest absolute Gasteiger partial charge is 0.0146 e. The van der Waals surface area contributed by atoms with E-state index in [1.165, 1.54) is 70.6 Å². The average molecular weight is 399 g/mol. The van der Waals surface area contributed by atoms with Crippen LogP contribution in [0.25, 0.3) is 0 Å². The van der Waals surface area contributed by atoms with Crippen molar-refractivity contribution in [3.8, 4) is 0 Å². The van der Waals surface area contributed by atoms with E-state index in [4.69, 9.17) is 0 Å². The third-order valence-electron chi connectivity index (χ3n) is 11.3. The number of rotatable bonds is 5. The maximum Gasteiger partial charge on any atom is -0.0146 e. The second kappa shape index (κ2) is 8.02. The zero-order valence-electron chi connectivity index (χ0n) is 20.6. The van der Waals surface area contributed by atoms with Gasteiger partial charge in [0, 0.05) is 0 Å². The summed E-state index contributed by atoms with van der Waals surface area (Å²) in [6.07, 6.45) is 16.2. The summed E-state index contributed by atoms with van der Waals surface area (Å²) < 4.78 is 0. The Morgan fingerprint density at radius 2 is 1.55 bits per heavy atom. The van der Waals surface area contributed by atoms with Gasteiger partial charge in [-0.25, -0.2) is 0 Å². The second-order valence-corrected chi connectivity index (χ2v) is 13.1. The molecule has 0 aromatic rings. The molecule has 0 spiro atoms. The summed E-state index contributed by atoms with van der Waals surface area (Å²) >= 11 is 0. The Labute approximate surface area is 182 Å². The fraction of sp³-hybridized carbons (Fsp3) is 0.931. The van der Waals surface area contributed by atoms with E-state index in [0.29, 0.717) is 10.8 Å². The molecule has 0 heteroatoms. The van der Waals surface area contributed by atoms with Crippen LogP contribution in [-0.4, -0.2) is 0 Å². The minimum absolute atomic E-state index is 0.564. The first-order chi connectivity index (χ1) is 13.7. The molecule has 4 aliphatic carbocycles. The average Bonchev–Trinajstić information content (AvgIpc) is 3.02. The highest BCUT2D eigenvalue weighted by atomic mass is 14.7. The van der Waals surface area contributed by atoms with E-state index in [0.717, 1.165) is 47.3 Å². The van der Waals surface area contributed by atoms with Crippen LogP contribution in [0.4, 0.5) is 0 Å². The molecule has 0 saturated heterocycles. The number of fused-ring (bicyclic) bond motifs is 5. The summed E-state index contributed by atoms with van der Waals surface area (Å²) in [6.45, 7) is 19.9. The Hall–Kier alpha value is -0.260. The minimum atomic E-state index is 0.564. The van der Waals surface area contributed by atoms with Gasteiger partial charge in [0.05, 0.1) is 0 Å². The van der Waals surface area contributed by atoms with Crippen LogP contribution in [-0.2, 0) is 0 Å². The minimum Gasteiger partial charge on any atom is -0.0993 e.